The summed E-state index contributed by atoms with van der Waals surface area (Å²) >= 11 is 0. The minimum absolute atomic E-state index is 0.127. The first-order valence-corrected chi connectivity index (χ1v) is 9.87. The third-order valence-corrected chi connectivity index (χ3v) is 5.51. The molecule has 2 aromatic carbocycles. The maximum atomic E-state index is 12.8. The van der Waals surface area contributed by atoms with Crippen LogP contribution in [0.2, 0.25) is 0 Å². The van der Waals surface area contributed by atoms with E-state index < -0.39 is 0 Å². The highest BCUT2D eigenvalue weighted by Gasteiger charge is 2.33. The number of benzene rings is 2. The summed E-state index contributed by atoms with van der Waals surface area (Å²) < 4.78 is 17.4. The molecule has 1 saturated heterocycles. The minimum Gasteiger partial charge on any atom is -0.454 e. The first-order valence-electron chi connectivity index (χ1n) is 9.87. The molecule has 1 amide bonds. The predicted molar refractivity (Wildman–Crippen MR) is 103 cm³/mol. The van der Waals surface area contributed by atoms with Crippen molar-refractivity contribution >= 4 is 5.91 Å². The average Bonchev–Trinajstić information content (AvgIpc) is 3.46. The summed E-state index contributed by atoms with van der Waals surface area (Å²) in [6.07, 6.45) is 1.97. The van der Waals surface area contributed by atoms with E-state index in [0.29, 0.717) is 25.7 Å². The van der Waals surface area contributed by atoms with Crippen LogP contribution in [-0.4, -0.2) is 43.3 Å². The Bertz CT molecular complexity index is 853. The second kappa shape index (κ2) is 7.45. The fourth-order valence-electron chi connectivity index (χ4n) is 3.74. The molecular weight excluding hydrogens is 356 g/mol. The standard InChI is InChI=1S/C22H24N2O4/c25-22(11-23-17-7-8-17)24-12-20(15-4-2-1-3-5-15)28-21(13-24)16-6-9-18-19(10-16)27-14-26-18/h1-6,9-10,17,20-21,23H,7-8,11-14H2/t20-,21+/m0/s1. The molecule has 2 aromatic rings. The number of carbonyl (C=O) groups is 1. The van der Waals surface area contributed by atoms with Gasteiger partial charge in [-0.1, -0.05) is 36.4 Å². The van der Waals surface area contributed by atoms with Crippen molar-refractivity contribution in [2.24, 2.45) is 0 Å². The van der Waals surface area contributed by atoms with Crippen LogP contribution in [0.5, 0.6) is 11.5 Å². The van der Waals surface area contributed by atoms with Crippen LogP contribution in [0.1, 0.15) is 36.2 Å². The Morgan fingerprint density at radius 3 is 2.50 bits per heavy atom. The van der Waals surface area contributed by atoms with E-state index in [-0.39, 0.29) is 24.9 Å². The number of hydrogen-bond donors (Lipinski definition) is 1. The Labute approximate surface area is 164 Å². The molecule has 28 heavy (non-hydrogen) atoms. The molecule has 0 unspecified atom stereocenters. The van der Waals surface area contributed by atoms with Gasteiger partial charge in [-0.3, -0.25) is 4.79 Å². The Kier molecular flexibility index (Phi) is 4.66. The van der Waals surface area contributed by atoms with Crippen molar-refractivity contribution in [1.82, 2.24) is 10.2 Å². The van der Waals surface area contributed by atoms with Gasteiger partial charge in [0.15, 0.2) is 11.5 Å². The molecule has 2 heterocycles. The molecule has 0 radical (unpaired) electrons. The Morgan fingerprint density at radius 2 is 1.71 bits per heavy atom. The number of nitrogens with one attached hydrogen (secondary N) is 1. The fourth-order valence-corrected chi connectivity index (χ4v) is 3.74. The van der Waals surface area contributed by atoms with Crippen molar-refractivity contribution in [1.29, 1.82) is 0 Å². The molecule has 6 heteroatoms. The topological polar surface area (TPSA) is 60.0 Å². The predicted octanol–water partition coefficient (Wildman–Crippen LogP) is 2.81. The molecule has 2 atom stereocenters. The number of fused-ring (bicyclic) bond motifs is 1. The van der Waals surface area contributed by atoms with Crippen molar-refractivity contribution in [3.05, 3.63) is 59.7 Å². The smallest absolute Gasteiger partial charge is 0.236 e. The quantitative estimate of drug-likeness (QED) is 0.864. The molecule has 6 nitrogen and oxygen atoms in total. The van der Waals surface area contributed by atoms with Crippen molar-refractivity contribution in [2.75, 3.05) is 26.4 Å². The first kappa shape index (κ1) is 17.5. The van der Waals surface area contributed by atoms with Crippen molar-refractivity contribution in [3.63, 3.8) is 0 Å². The van der Waals surface area contributed by atoms with Gasteiger partial charge in [0.25, 0.3) is 0 Å². The van der Waals surface area contributed by atoms with Crippen LogP contribution in [0.25, 0.3) is 0 Å². The highest BCUT2D eigenvalue weighted by Crippen LogP contribution is 2.38. The van der Waals surface area contributed by atoms with Gasteiger partial charge in [-0.2, -0.15) is 0 Å². The van der Waals surface area contributed by atoms with Gasteiger partial charge in [-0.25, -0.2) is 0 Å². The van der Waals surface area contributed by atoms with Gasteiger partial charge in [0.05, 0.1) is 19.6 Å². The number of morpholine rings is 1. The third-order valence-electron chi connectivity index (χ3n) is 5.51. The summed E-state index contributed by atoms with van der Waals surface area (Å²) in [7, 11) is 0. The van der Waals surface area contributed by atoms with Crippen LogP contribution in [0.4, 0.5) is 0 Å². The normalized spacial score (nSPS) is 23.6. The van der Waals surface area contributed by atoms with E-state index in [0.717, 1.165) is 22.6 Å². The zero-order valence-corrected chi connectivity index (χ0v) is 15.7. The summed E-state index contributed by atoms with van der Waals surface area (Å²) in [6, 6.07) is 16.5. The lowest BCUT2D eigenvalue weighted by molar-refractivity contribution is -0.146. The second-order valence-corrected chi connectivity index (χ2v) is 7.59. The van der Waals surface area contributed by atoms with E-state index in [2.05, 4.69) is 17.4 Å². The van der Waals surface area contributed by atoms with Crippen LogP contribution in [-0.2, 0) is 9.53 Å². The van der Waals surface area contributed by atoms with Gasteiger partial charge in [0.1, 0.15) is 12.2 Å². The van der Waals surface area contributed by atoms with Gasteiger partial charge >= 0.3 is 0 Å². The maximum absolute atomic E-state index is 12.8. The Morgan fingerprint density at radius 1 is 0.964 bits per heavy atom. The van der Waals surface area contributed by atoms with Crippen LogP contribution in [0, 0.1) is 0 Å². The van der Waals surface area contributed by atoms with Gasteiger partial charge < -0.3 is 24.4 Å². The van der Waals surface area contributed by atoms with Crippen LogP contribution in [0.15, 0.2) is 48.5 Å². The van der Waals surface area contributed by atoms with Crippen molar-refractivity contribution in [3.8, 4) is 11.5 Å². The summed E-state index contributed by atoms with van der Waals surface area (Å²) in [6.45, 7) is 1.73. The lowest BCUT2D eigenvalue weighted by Crippen LogP contribution is -2.47. The monoisotopic (exact) mass is 380 g/mol. The lowest BCUT2D eigenvalue weighted by Gasteiger charge is -2.38. The van der Waals surface area contributed by atoms with Crippen molar-refractivity contribution < 1.29 is 19.0 Å². The summed E-state index contributed by atoms with van der Waals surface area (Å²) in [5.41, 5.74) is 2.08. The highest BCUT2D eigenvalue weighted by atomic mass is 16.7. The van der Waals surface area contributed by atoms with Gasteiger partial charge in [0.2, 0.25) is 12.7 Å². The van der Waals surface area contributed by atoms with E-state index in [1.165, 1.54) is 12.8 Å². The van der Waals surface area contributed by atoms with E-state index in [4.69, 9.17) is 14.2 Å². The zero-order valence-electron chi connectivity index (χ0n) is 15.7. The number of amides is 1. The van der Waals surface area contributed by atoms with Crippen molar-refractivity contribution in [2.45, 2.75) is 31.1 Å². The molecule has 0 aromatic heterocycles. The molecular formula is C22H24N2O4. The van der Waals surface area contributed by atoms with Gasteiger partial charge in [-0.05, 0) is 36.1 Å². The van der Waals surface area contributed by atoms with E-state index in [9.17, 15) is 4.79 Å². The number of ether oxygens (including phenoxy) is 3. The molecule has 1 aliphatic carbocycles. The zero-order chi connectivity index (χ0) is 18.9. The number of nitrogens with zero attached hydrogens (tertiary/aromatic N) is 1. The number of carbonyl (C=O) groups excluding carboxylic acids is 1. The summed E-state index contributed by atoms with van der Waals surface area (Å²) in [5, 5.41) is 3.33. The first-order chi connectivity index (χ1) is 13.8. The molecule has 0 spiro atoms. The Hall–Kier alpha value is -2.57. The summed E-state index contributed by atoms with van der Waals surface area (Å²) in [4.78, 5) is 14.8. The molecule has 5 rings (SSSR count). The van der Waals surface area contributed by atoms with E-state index >= 15 is 0 Å². The van der Waals surface area contributed by atoms with Gasteiger partial charge in [0, 0.05) is 6.04 Å². The average molecular weight is 380 g/mol. The molecule has 3 aliphatic rings. The molecule has 1 N–H and O–H groups in total. The molecule has 0 bridgehead atoms. The van der Waals surface area contributed by atoms with E-state index in [1.807, 2.05) is 41.3 Å². The molecule has 146 valence electrons. The largest absolute Gasteiger partial charge is 0.454 e. The number of rotatable bonds is 5. The third kappa shape index (κ3) is 3.70. The fraction of sp³-hybridized carbons (Fsp3) is 0.409. The molecule has 1 saturated carbocycles. The van der Waals surface area contributed by atoms with E-state index in [1.54, 1.807) is 0 Å². The highest BCUT2D eigenvalue weighted by molar-refractivity contribution is 5.78. The van der Waals surface area contributed by atoms with Crippen LogP contribution in [0.3, 0.4) is 0 Å². The minimum atomic E-state index is -0.210. The Balaban J connectivity index is 1.38. The SMILES string of the molecule is O=C(CNC1CC1)N1C[C@@H](c2ccccc2)O[C@@H](c2ccc3c(c2)OCO3)C1. The molecule has 2 aliphatic heterocycles. The lowest BCUT2D eigenvalue weighted by atomic mass is 10.0. The van der Waals surface area contributed by atoms with Crippen LogP contribution >= 0.6 is 0 Å². The summed E-state index contributed by atoms with van der Waals surface area (Å²) in [5.74, 6) is 1.61. The second-order valence-electron chi connectivity index (χ2n) is 7.59. The maximum Gasteiger partial charge on any atom is 0.236 e. The number of hydrogen-bond acceptors (Lipinski definition) is 5. The van der Waals surface area contributed by atoms with Crippen LogP contribution < -0.4 is 14.8 Å². The van der Waals surface area contributed by atoms with Gasteiger partial charge in [-0.15, -0.1) is 0 Å². The molecule has 2 fully saturated rings.